The Bertz CT molecular complexity index is 2120. The van der Waals surface area contributed by atoms with Crippen LogP contribution in [0.4, 0.5) is 0 Å². The predicted octanol–water partition coefficient (Wildman–Crippen LogP) is 28.0. The molecular formula is C91H178O17P2. The van der Waals surface area contributed by atoms with Crippen molar-refractivity contribution in [3.8, 4) is 0 Å². The third kappa shape index (κ3) is 79.9. The average Bonchev–Trinajstić information content (AvgIpc) is 0.896. The fourth-order valence-corrected chi connectivity index (χ4v) is 15.7. The van der Waals surface area contributed by atoms with Crippen molar-refractivity contribution in [3.63, 3.8) is 0 Å². The van der Waals surface area contributed by atoms with Gasteiger partial charge >= 0.3 is 39.5 Å². The van der Waals surface area contributed by atoms with E-state index in [-0.39, 0.29) is 25.7 Å². The number of phosphoric ester groups is 2. The van der Waals surface area contributed by atoms with E-state index in [0.29, 0.717) is 25.7 Å². The van der Waals surface area contributed by atoms with Gasteiger partial charge in [0.2, 0.25) is 0 Å². The van der Waals surface area contributed by atoms with E-state index in [1.54, 1.807) is 0 Å². The first-order valence-electron chi connectivity index (χ1n) is 47.0. The monoisotopic (exact) mass is 1610 g/mol. The van der Waals surface area contributed by atoms with Gasteiger partial charge in [-0.25, -0.2) is 9.13 Å². The summed E-state index contributed by atoms with van der Waals surface area (Å²) in [5.41, 5.74) is 0. The first kappa shape index (κ1) is 108. The lowest BCUT2D eigenvalue weighted by molar-refractivity contribution is -0.161. The van der Waals surface area contributed by atoms with E-state index in [9.17, 15) is 43.2 Å². The maximum absolute atomic E-state index is 13.2. The van der Waals surface area contributed by atoms with Crippen molar-refractivity contribution < 1.29 is 80.2 Å². The highest BCUT2D eigenvalue weighted by atomic mass is 31.2. The van der Waals surface area contributed by atoms with Gasteiger partial charge < -0.3 is 33.8 Å². The van der Waals surface area contributed by atoms with Gasteiger partial charge in [-0.05, 0) is 43.4 Å². The summed E-state index contributed by atoms with van der Waals surface area (Å²) < 4.78 is 69.0. The zero-order valence-corrected chi connectivity index (χ0v) is 74.5. The van der Waals surface area contributed by atoms with E-state index in [4.69, 9.17) is 37.0 Å². The molecule has 0 bridgehead atoms. The SMILES string of the molecule is CCCCCCCCCCCCCCC(=O)OC[C@H](COP(=O)(O)OC[C@H](O)COP(=O)(O)OC[C@@H](COC(=O)CCCCCCCCCCCCCCCCCCCCC(C)CC)OC(=O)CCCCCCCCCCCCCCCCCCCCC(C)CC)OC(=O)CCCCCCCCCCCCC(C)CC. The first-order chi connectivity index (χ1) is 53.3. The molecule has 8 atom stereocenters. The molecule has 0 aliphatic heterocycles. The number of hydrogen-bond acceptors (Lipinski definition) is 15. The van der Waals surface area contributed by atoms with Crippen LogP contribution in [-0.2, 0) is 65.4 Å². The van der Waals surface area contributed by atoms with Crippen LogP contribution in [0.5, 0.6) is 0 Å². The second kappa shape index (κ2) is 80.8. The van der Waals surface area contributed by atoms with Gasteiger partial charge in [0.15, 0.2) is 12.2 Å². The fraction of sp³-hybridized carbons (Fsp3) is 0.956. The lowest BCUT2D eigenvalue weighted by Gasteiger charge is -2.21. The summed E-state index contributed by atoms with van der Waals surface area (Å²) in [4.78, 5) is 73.4. The summed E-state index contributed by atoms with van der Waals surface area (Å²) in [6.45, 7) is 12.2. The van der Waals surface area contributed by atoms with Gasteiger partial charge in [0.05, 0.1) is 26.4 Å². The zero-order valence-electron chi connectivity index (χ0n) is 72.7. The highest BCUT2D eigenvalue weighted by molar-refractivity contribution is 7.47. The second-order valence-electron chi connectivity index (χ2n) is 33.4. The van der Waals surface area contributed by atoms with Crippen LogP contribution in [0, 0.1) is 17.8 Å². The minimum absolute atomic E-state index is 0.107. The molecule has 3 N–H and O–H groups in total. The number of ether oxygens (including phenoxy) is 4. The zero-order chi connectivity index (χ0) is 80.8. The van der Waals surface area contributed by atoms with E-state index in [0.717, 1.165) is 108 Å². The molecule has 19 heteroatoms. The number of aliphatic hydroxyl groups excluding tert-OH is 1. The Kier molecular flexibility index (Phi) is 79.4. The largest absolute Gasteiger partial charge is 0.472 e. The first-order valence-corrected chi connectivity index (χ1v) is 50.0. The van der Waals surface area contributed by atoms with Gasteiger partial charge in [0.1, 0.15) is 19.3 Å². The third-order valence-electron chi connectivity index (χ3n) is 22.5. The van der Waals surface area contributed by atoms with Gasteiger partial charge in [-0.1, -0.05) is 434 Å². The van der Waals surface area contributed by atoms with Crippen molar-refractivity contribution in [2.24, 2.45) is 17.8 Å². The molecule has 0 saturated carbocycles. The van der Waals surface area contributed by atoms with Gasteiger partial charge in [-0.15, -0.1) is 0 Å². The van der Waals surface area contributed by atoms with Crippen LogP contribution in [0.15, 0.2) is 0 Å². The van der Waals surface area contributed by atoms with Crippen LogP contribution >= 0.6 is 15.6 Å². The average molecular weight is 1610 g/mol. The summed E-state index contributed by atoms with van der Waals surface area (Å²) in [6, 6.07) is 0. The number of aliphatic hydroxyl groups is 1. The normalized spacial score (nSPS) is 14.5. The summed E-state index contributed by atoms with van der Waals surface area (Å²) in [7, 11) is -9.94. The molecule has 0 aliphatic carbocycles. The van der Waals surface area contributed by atoms with Gasteiger partial charge in [-0.2, -0.15) is 0 Å². The lowest BCUT2D eigenvalue weighted by Crippen LogP contribution is -2.30. The van der Waals surface area contributed by atoms with E-state index in [1.165, 1.54) is 295 Å². The van der Waals surface area contributed by atoms with E-state index in [1.807, 2.05) is 0 Å². The number of rotatable bonds is 89. The summed E-state index contributed by atoms with van der Waals surface area (Å²) in [6.07, 6.45) is 73.5. The molecule has 0 rings (SSSR count). The van der Waals surface area contributed by atoms with Crippen molar-refractivity contribution in [1.29, 1.82) is 0 Å². The topological polar surface area (TPSA) is 237 Å². The molecule has 0 fully saturated rings. The van der Waals surface area contributed by atoms with Gasteiger partial charge in [0, 0.05) is 25.7 Å². The Morgan fingerprint density at radius 1 is 0.255 bits per heavy atom. The summed E-state index contributed by atoms with van der Waals surface area (Å²) >= 11 is 0. The molecule has 5 unspecified atom stereocenters. The molecule has 0 radical (unpaired) electrons. The number of hydrogen-bond donors (Lipinski definition) is 3. The molecule has 0 aliphatic rings. The minimum atomic E-state index is -4.97. The molecule has 0 aromatic rings. The molecule has 0 aromatic heterocycles. The lowest BCUT2D eigenvalue weighted by atomic mass is 9.99. The third-order valence-corrected chi connectivity index (χ3v) is 24.4. The Hall–Kier alpha value is -1.94. The number of carbonyl (C=O) groups is 4. The predicted molar refractivity (Wildman–Crippen MR) is 455 cm³/mol. The molecule has 17 nitrogen and oxygen atoms in total. The molecule has 0 saturated heterocycles. The number of esters is 4. The number of phosphoric acid groups is 2. The summed E-state index contributed by atoms with van der Waals surface area (Å²) in [5.74, 6) is 0.450. The maximum Gasteiger partial charge on any atom is 0.472 e. The van der Waals surface area contributed by atoms with Crippen molar-refractivity contribution in [2.75, 3.05) is 39.6 Å². The van der Waals surface area contributed by atoms with Crippen molar-refractivity contribution in [2.45, 2.75) is 503 Å². The molecule has 0 heterocycles. The van der Waals surface area contributed by atoms with Crippen LogP contribution in [0.1, 0.15) is 485 Å². The Labute approximate surface area is 677 Å². The van der Waals surface area contributed by atoms with Crippen LogP contribution < -0.4 is 0 Å². The van der Waals surface area contributed by atoms with E-state index < -0.39 is 97.5 Å². The molecule has 0 amide bonds. The quantitative estimate of drug-likeness (QED) is 0.0222. The number of carbonyl (C=O) groups excluding carboxylic acids is 4. The van der Waals surface area contributed by atoms with Crippen molar-refractivity contribution >= 4 is 39.5 Å². The molecule has 654 valence electrons. The minimum Gasteiger partial charge on any atom is -0.462 e. The molecular weight excluding hydrogens is 1430 g/mol. The van der Waals surface area contributed by atoms with Crippen LogP contribution in [0.25, 0.3) is 0 Å². The molecule has 0 aromatic carbocycles. The Morgan fingerprint density at radius 3 is 0.645 bits per heavy atom. The van der Waals surface area contributed by atoms with Crippen LogP contribution in [0.3, 0.4) is 0 Å². The van der Waals surface area contributed by atoms with E-state index in [2.05, 4.69) is 48.5 Å². The smallest absolute Gasteiger partial charge is 0.462 e. The van der Waals surface area contributed by atoms with E-state index >= 15 is 0 Å². The Morgan fingerprint density at radius 2 is 0.436 bits per heavy atom. The second-order valence-corrected chi connectivity index (χ2v) is 36.3. The standard InChI is InChI=1S/C91H178O17P2/c1-8-12-13-14-15-16-17-36-44-51-58-65-72-88(93)101-79-87(108-91(96)75-68-61-54-47-40-39-43-50-57-64-71-84(7)11-4)81-106-110(99,100)104-77-85(92)76-103-109(97,98)105-80-86(107-90(95)74-67-60-53-46-38-33-29-25-21-19-23-27-31-35-42-49-56-63-70-83(6)10-3)78-102-89(94)73-66-59-52-45-37-32-28-24-20-18-22-26-30-34-41-48-55-62-69-82(5)9-2/h82-87,92H,8-81H2,1-7H3,(H,97,98)(H,99,100)/t82?,83?,84?,85-,86-,87-/m1/s1. The fourth-order valence-electron chi connectivity index (χ4n) is 14.2. The highest BCUT2D eigenvalue weighted by Gasteiger charge is 2.31. The maximum atomic E-state index is 13.2. The highest BCUT2D eigenvalue weighted by Crippen LogP contribution is 2.45. The van der Waals surface area contributed by atoms with Crippen LogP contribution in [0.2, 0.25) is 0 Å². The van der Waals surface area contributed by atoms with Crippen molar-refractivity contribution in [3.05, 3.63) is 0 Å². The van der Waals surface area contributed by atoms with Crippen molar-refractivity contribution in [1.82, 2.24) is 0 Å². The van der Waals surface area contributed by atoms with Gasteiger partial charge in [0.25, 0.3) is 0 Å². The molecule has 0 spiro atoms. The molecule has 110 heavy (non-hydrogen) atoms. The summed E-state index contributed by atoms with van der Waals surface area (Å²) in [5, 5.41) is 10.7. The van der Waals surface area contributed by atoms with Gasteiger partial charge in [-0.3, -0.25) is 37.3 Å². The van der Waals surface area contributed by atoms with Crippen LogP contribution in [-0.4, -0.2) is 96.7 Å². The Balaban J connectivity index is 5.23. The number of unbranched alkanes of at least 4 members (excludes halogenated alkanes) is 54.